The molecule has 1 aromatic carbocycles. The molecule has 0 bridgehead atoms. The lowest BCUT2D eigenvalue weighted by Gasteiger charge is -2.40. The van der Waals surface area contributed by atoms with E-state index in [0.29, 0.717) is 19.1 Å². The van der Waals surface area contributed by atoms with Gasteiger partial charge in [0.25, 0.3) is 0 Å². The number of carbonyl (C=O) groups is 1. The van der Waals surface area contributed by atoms with Gasteiger partial charge in [0.1, 0.15) is 6.04 Å². The predicted molar refractivity (Wildman–Crippen MR) is 85.0 cm³/mol. The summed E-state index contributed by atoms with van der Waals surface area (Å²) in [6, 6.07) is 10.5. The molecular weight excluding hydrogens is 262 g/mol. The zero-order valence-electron chi connectivity index (χ0n) is 12.8. The van der Waals surface area contributed by atoms with Gasteiger partial charge in [0.2, 0.25) is 0 Å². The number of hydrogen-bond acceptors (Lipinski definition) is 3. The van der Waals surface area contributed by atoms with Crippen LogP contribution in [0.3, 0.4) is 0 Å². The molecule has 0 saturated carbocycles. The molecule has 21 heavy (non-hydrogen) atoms. The van der Waals surface area contributed by atoms with E-state index in [1.54, 1.807) is 0 Å². The largest absolute Gasteiger partial charge is 0.465 e. The van der Waals surface area contributed by atoms with Crippen LogP contribution in [-0.4, -0.2) is 30.1 Å². The number of piperidine rings is 1. The molecule has 1 aliphatic rings. The molecule has 1 saturated heterocycles. The minimum atomic E-state index is -0.215. The first kappa shape index (κ1) is 15.8. The summed E-state index contributed by atoms with van der Waals surface area (Å²) in [6.07, 6.45) is 5.90. The quantitative estimate of drug-likeness (QED) is 0.590. The molecule has 114 valence electrons. The Morgan fingerprint density at radius 2 is 2.19 bits per heavy atom. The van der Waals surface area contributed by atoms with E-state index >= 15 is 0 Å². The van der Waals surface area contributed by atoms with Crippen LogP contribution in [-0.2, 0) is 9.53 Å². The molecule has 1 fully saturated rings. The van der Waals surface area contributed by atoms with E-state index in [1.807, 2.05) is 19.1 Å². The van der Waals surface area contributed by atoms with Crippen LogP contribution in [0.25, 0.3) is 0 Å². The monoisotopic (exact) mass is 287 g/mol. The van der Waals surface area contributed by atoms with Gasteiger partial charge in [-0.1, -0.05) is 42.8 Å². The standard InChI is InChI=1S/C18H25NO2/c1-3-10-17(18(20)21-4-2)19-14-9-8-13-16(19)15-11-6-5-7-12-15/h3,5-7,11-12,16-17H,1,4,8-10,13-14H2,2H3. The number of carbonyl (C=O) groups excluding carboxylic acids is 1. The van der Waals surface area contributed by atoms with Crippen LogP contribution in [0.5, 0.6) is 0 Å². The third kappa shape index (κ3) is 3.94. The summed E-state index contributed by atoms with van der Waals surface area (Å²) in [4.78, 5) is 14.6. The molecule has 2 atom stereocenters. The van der Waals surface area contributed by atoms with Crippen LogP contribution in [0, 0.1) is 0 Å². The summed E-state index contributed by atoms with van der Waals surface area (Å²) in [5, 5.41) is 0. The zero-order chi connectivity index (χ0) is 15.1. The average molecular weight is 287 g/mol. The van der Waals surface area contributed by atoms with E-state index < -0.39 is 0 Å². The smallest absolute Gasteiger partial charge is 0.323 e. The molecule has 0 amide bonds. The zero-order valence-corrected chi connectivity index (χ0v) is 12.8. The second-order valence-electron chi connectivity index (χ2n) is 5.45. The van der Waals surface area contributed by atoms with Gasteiger partial charge in [0, 0.05) is 6.04 Å². The third-order valence-electron chi connectivity index (χ3n) is 4.08. The van der Waals surface area contributed by atoms with Crippen molar-refractivity contribution >= 4 is 5.97 Å². The second-order valence-corrected chi connectivity index (χ2v) is 5.45. The van der Waals surface area contributed by atoms with Crippen LogP contribution in [0.15, 0.2) is 43.0 Å². The van der Waals surface area contributed by atoms with Gasteiger partial charge in [0.05, 0.1) is 6.61 Å². The molecule has 0 radical (unpaired) electrons. The molecule has 0 spiro atoms. The van der Waals surface area contributed by atoms with Crippen LogP contribution in [0.2, 0.25) is 0 Å². The molecule has 1 aromatic rings. The average Bonchev–Trinajstić information content (AvgIpc) is 2.54. The number of benzene rings is 1. The van der Waals surface area contributed by atoms with E-state index in [4.69, 9.17) is 4.74 Å². The van der Waals surface area contributed by atoms with Gasteiger partial charge in [-0.25, -0.2) is 0 Å². The summed E-state index contributed by atoms with van der Waals surface area (Å²) < 4.78 is 5.27. The van der Waals surface area contributed by atoms with Crippen molar-refractivity contribution in [1.29, 1.82) is 0 Å². The lowest BCUT2D eigenvalue weighted by atomic mass is 9.93. The molecule has 3 nitrogen and oxygen atoms in total. The summed E-state index contributed by atoms with van der Waals surface area (Å²) in [6.45, 7) is 7.02. The van der Waals surface area contributed by atoms with Crippen molar-refractivity contribution in [2.75, 3.05) is 13.2 Å². The molecular formula is C18H25NO2. The first-order valence-corrected chi connectivity index (χ1v) is 7.86. The van der Waals surface area contributed by atoms with Crippen LogP contribution in [0.4, 0.5) is 0 Å². The van der Waals surface area contributed by atoms with Crippen molar-refractivity contribution in [3.05, 3.63) is 48.6 Å². The number of nitrogens with zero attached hydrogens (tertiary/aromatic N) is 1. The summed E-state index contributed by atoms with van der Waals surface area (Å²) in [7, 11) is 0. The lowest BCUT2D eigenvalue weighted by molar-refractivity contribution is -0.151. The SMILES string of the molecule is C=CCC(C(=O)OCC)N1CCCCC1c1ccccc1. The maximum Gasteiger partial charge on any atom is 0.323 e. The first-order valence-electron chi connectivity index (χ1n) is 7.86. The molecule has 0 aromatic heterocycles. The van der Waals surface area contributed by atoms with E-state index in [9.17, 15) is 4.79 Å². The van der Waals surface area contributed by atoms with E-state index in [0.717, 1.165) is 19.4 Å². The van der Waals surface area contributed by atoms with Gasteiger partial charge in [-0.3, -0.25) is 9.69 Å². The van der Waals surface area contributed by atoms with E-state index in [1.165, 1.54) is 12.0 Å². The fraction of sp³-hybridized carbons (Fsp3) is 0.500. The summed E-state index contributed by atoms with van der Waals surface area (Å²) in [5.41, 5.74) is 1.29. The number of likely N-dealkylation sites (tertiary alicyclic amines) is 1. The summed E-state index contributed by atoms with van der Waals surface area (Å²) in [5.74, 6) is -0.125. The Hall–Kier alpha value is -1.61. The Labute approximate surface area is 127 Å². The van der Waals surface area contributed by atoms with Crippen LogP contribution >= 0.6 is 0 Å². The Balaban J connectivity index is 2.22. The topological polar surface area (TPSA) is 29.5 Å². The number of rotatable bonds is 6. The molecule has 2 rings (SSSR count). The summed E-state index contributed by atoms with van der Waals surface area (Å²) >= 11 is 0. The Morgan fingerprint density at radius 1 is 1.43 bits per heavy atom. The van der Waals surface area contributed by atoms with Crippen molar-refractivity contribution in [3.8, 4) is 0 Å². The van der Waals surface area contributed by atoms with E-state index in [2.05, 4.69) is 35.7 Å². The van der Waals surface area contributed by atoms with Gasteiger partial charge >= 0.3 is 5.97 Å². The van der Waals surface area contributed by atoms with Crippen molar-refractivity contribution in [2.24, 2.45) is 0 Å². The highest BCUT2D eigenvalue weighted by molar-refractivity contribution is 5.76. The normalized spacial score (nSPS) is 20.7. The first-order chi connectivity index (χ1) is 10.3. The van der Waals surface area contributed by atoms with E-state index in [-0.39, 0.29) is 12.0 Å². The molecule has 1 aliphatic heterocycles. The van der Waals surface area contributed by atoms with Gasteiger partial charge in [0.15, 0.2) is 0 Å². The predicted octanol–water partition coefficient (Wildman–Crippen LogP) is 3.72. The minimum absolute atomic E-state index is 0.125. The molecule has 1 heterocycles. The fourth-order valence-corrected chi connectivity index (χ4v) is 3.12. The Morgan fingerprint density at radius 3 is 2.86 bits per heavy atom. The lowest BCUT2D eigenvalue weighted by Crippen LogP contribution is -2.46. The number of ether oxygens (including phenoxy) is 1. The molecule has 2 unspecified atom stereocenters. The molecule has 0 N–H and O–H groups in total. The van der Waals surface area contributed by atoms with Crippen LogP contribution in [0.1, 0.15) is 44.2 Å². The van der Waals surface area contributed by atoms with Gasteiger partial charge in [-0.2, -0.15) is 0 Å². The Bertz CT molecular complexity index is 458. The fourth-order valence-electron chi connectivity index (χ4n) is 3.12. The number of hydrogen-bond donors (Lipinski definition) is 0. The maximum absolute atomic E-state index is 12.3. The van der Waals surface area contributed by atoms with Crippen LogP contribution < -0.4 is 0 Å². The maximum atomic E-state index is 12.3. The number of esters is 1. The van der Waals surface area contributed by atoms with Crippen molar-refractivity contribution in [3.63, 3.8) is 0 Å². The minimum Gasteiger partial charge on any atom is -0.465 e. The Kier molecular flexibility index (Phi) is 6.00. The van der Waals surface area contributed by atoms with Gasteiger partial charge in [-0.05, 0) is 38.3 Å². The highest BCUT2D eigenvalue weighted by atomic mass is 16.5. The van der Waals surface area contributed by atoms with Crippen molar-refractivity contribution in [2.45, 2.75) is 44.7 Å². The van der Waals surface area contributed by atoms with Gasteiger partial charge < -0.3 is 4.74 Å². The second kappa shape index (κ2) is 7.99. The highest BCUT2D eigenvalue weighted by Crippen LogP contribution is 2.33. The highest BCUT2D eigenvalue weighted by Gasteiger charge is 2.33. The van der Waals surface area contributed by atoms with Gasteiger partial charge in [-0.15, -0.1) is 6.58 Å². The molecule has 3 heteroatoms. The third-order valence-corrected chi connectivity index (χ3v) is 4.08. The van der Waals surface area contributed by atoms with Crippen molar-refractivity contribution < 1.29 is 9.53 Å². The van der Waals surface area contributed by atoms with Crippen molar-refractivity contribution in [1.82, 2.24) is 4.90 Å². The molecule has 0 aliphatic carbocycles.